The third-order valence-electron chi connectivity index (χ3n) is 4.03. The molecule has 0 spiro atoms. The van der Waals surface area contributed by atoms with Crippen LogP contribution in [0.25, 0.3) is 0 Å². The lowest BCUT2D eigenvalue weighted by molar-refractivity contribution is -0.143. The Morgan fingerprint density at radius 1 is 1.18 bits per heavy atom. The SMILES string of the molecule is CCCC[C@H](NC(=O)C1(NC(=O)NCC)CCCC1)C(=O)O. The van der Waals surface area contributed by atoms with Crippen LogP contribution in [0.2, 0.25) is 0 Å². The summed E-state index contributed by atoms with van der Waals surface area (Å²) in [6.07, 6.45) is 4.75. The maximum Gasteiger partial charge on any atom is 0.326 e. The molecular weight excluding hydrogens is 286 g/mol. The van der Waals surface area contributed by atoms with Crippen molar-refractivity contribution in [2.75, 3.05) is 6.54 Å². The van der Waals surface area contributed by atoms with E-state index >= 15 is 0 Å². The molecule has 1 rings (SSSR count). The van der Waals surface area contributed by atoms with Crippen molar-refractivity contribution < 1.29 is 19.5 Å². The minimum atomic E-state index is -1.03. The number of carbonyl (C=O) groups excluding carboxylic acids is 2. The average molecular weight is 313 g/mol. The van der Waals surface area contributed by atoms with Crippen LogP contribution in [0.4, 0.5) is 4.79 Å². The minimum absolute atomic E-state index is 0.389. The molecule has 4 N–H and O–H groups in total. The lowest BCUT2D eigenvalue weighted by Crippen LogP contribution is -2.61. The average Bonchev–Trinajstić information content (AvgIpc) is 2.92. The number of nitrogens with one attached hydrogen (secondary N) is 3. The van der Waals surface area contributed by atoms with Gasteiger partial charge < -0.3 is 21.1 Å². The van der Waals surface area contributed by atoms with Gasteiger partial charge in [-0.1, -0.05) is 32.6 Å². The van der Waals surface area contributed by atoms with Crippen molar-refractivity contribution in [2.24, 2.45) is 0 Å². The van der Waals surface area contributed by atoms with E-state index in [1.54, 1.807) is 6.92 Å². The number of carboxylic acids is 1. The van der Waals surface area contributed by atoms with Gasteiger partial charge in [0.15, 0.2) is 0 Å². The molecule has 1 fully saturated rings. The molecule has 1 aliphatic carbocycles. The quantitative estimate of drug-likeness (QED) is 0.543. The van der Waals surface area contributed by atoms with E-state index in [0.29, 0.717) is 25.8 Å². The lowest BCUT2D eigenvalue weighted by atomic mass is 9.95. The van der Waals surface area contributed by atoms with Crippen molar-refractivity contribution in [3.8, 4) is 0 Å². The maximum atomic E-state index is 12.6. The summed E-state index contributed by atoms with van der Waals surface area (Å²) in [5, 5.41) is 17.2. The summed E-state index contributed by atoms with van der Waals surface area (Å²) in [6.45, 7) is 4.24. The van der Waals surface area contributed by atoms with Gasteiger partial charge in [-0.2, -0.15) is 0 Å². The number of hydrogen-bond acceptors (Lipinski definition) is 3. The van der Waals surface area contributed by atoms with Gasteiger partial charge in [0.05, 0.1) is 0 Å². The number of unbranched alkanes of at least 4 members (excludes halogenated alkanes) is 1. The first-order chi connectivity index (χ1) is 10.4. The second-order valence-electron chi connectivity index (χ2n) is 5.78. The molecule has 3 amide bonds. The predicted octanol–water partition coefficient (Wildman–Crippen LogP) is 1.38. The smallest absolute Gasteiger partial charge is 0.326 e. The lowest BCUT2D eigenvalue weighted by Gasteiger charge is -2.30. The highest BCUT2D eigenvalue weighted by Gasteiger charge is 2.43. The van der Waals surface area contributed by atoms with Crippen molar-refractivity contribution in [2.45, 2.75) is 70.4 Å². The fourth-order valence-electron chi connectivity index (χ4n) is 2.77. The number of hydrogen-bond donors (Lipinski definition) is 4. The van der Waals surface area contributed by atoms with E-state index in [1.807, 2.05) is 6.92 Å². The molecule has 1 aliphatic rings. The Labute approximate surface area is 131 Å². The van der Waals surface area contributed by atoms with Gasteiger partial charge in [0.25, 0.3) is 0 Å². The van der Waals surface area contributed by atoms with Gasteiger partial charge in [-0.05, 0) is 26.2 Å². The Hall–Kier alpha value is -1.79. The third-order valence-corrected chi connectivity index (χ3v) is 4.03. The highest BCUT2D eigenvalue weighted by Crippen LogP contribution is 2.30. The number of carboxylic acid groups (broad SMARTS) is 1. The summed E-state index contributed by atoms with van der Waals surface area (Å²) in [7, 11) is 0. The molecule has 7 nitrogen and oxygen atoms in total. The van der Waals surface area contributed by atoms with E-state index in [2.05, 4.69) is 16.0 Å². The van der Waals surface area contributed by atoms with Crippen LogP contribution in [-0.2, 0) is 9.59 Å². The van der Waals surface area contributed by atoms with Gasteiger partial charge in [0.1, 0.15) is 11.6 Å². The van der Waals surface area contributed by atoms with E-state index in [4.69, 9.17) is 0 Å². The number of aliphatic carboxylic acids is 1. The fourth-order valence-corrected chi connectivity index (χ4v) is 2.77. The first-order valence-corrected chi connectivity index (χ1v) is 8.05. The summed E-state index contributed by atoms with van der Waals surface area (Å²) in [5.41, 5.74) is -0.987. The van der Waals surface area contributed by atoms with Gasteiger partial charge in [0.2, 0.25) is 5.91 Å². The van der Waals surface area contributed by atoms with Crippen LogP contribution in [0.5, 0.6) is 0 Å². The van der Waals surface area contributed by atoms with Crippen LogP contribution in [0.3, 0.4) is 0 Å². The summed E-state index contributed by atoms with van der Waals surface area (Å²) >= 11 is 0. The topological polar surface area (TPSA) is 108 Å². The van der Waals surface area contributed by atoms with E-state index < -0.39 is 17.6 Å². The number of rotatable bonds is 8. The Morgan fingerprint density at radius 3 is 2.32 bits per heavy atom. The van der Waals surface area contributed by atoms with E-state index in [9.17, 15) is 19.5 Å². The number of amides is 3. The molecule has 0 aliphatic heterocycles. The molecule has 22 heavy (non-hydrogen) atoms. The molecule has 0 heterocycles. The number of carbonyl (C=O) groups is 3. The minimum Gasteiger partial charge on any atom is -0.480 e. The molecule has 1 atom stereocenters. The predicted molar refractivity (Wildman–Crippen MR) is 82.5 cm³/mol. The summed E-state index contributed by atoms with van der Waals surface area (Å²) in [4.78, 5) is 35.6. The Bertz CT molecular complexity index is 406. The first kappa shape index (κ1) is 18.3. The fraction of sp³-hybridized carbons (Fsp3) is 0.800. The molecule has 7 heteroatoms. The molecule has 0 radical (unpaired) electrons. The molecular formula is C15H27N3O4. The second-order valence-corrected chi connectivity index (χ2v) is 5.78. The number of urea groups is 1. The van der Waals surface area contributed by atoms with Crippen molar-refractivity contribution in [1.29, 1.82) is 0 Å². The van der Waals surface area contributed by atoms with Crippen LogP contribution in [0, 0.1) is 0 Å². The van der Waals surface area contributed by atoms with Crippen molar-refractivity contribution in [3.63, 3.8) is 0 Å². The molecule has 0 aromatic heterocycles. The van der Waals surface area contributed by atoms with E-state index in [-0.39, 0.29) is 11.9 Å². The first-order valence-electron chi connectivity index (χ1n) is 8.05. The van der Waals surface area contributed by atoms with Gasteiger partial charge in [-0.15, -0.1) is 0 Å². The van der Waals surface area contributed by atoms with E-state index in [1.165, 1.54) is 0 Å². The van der Waals surface area contributed by atoms with Gasteiger partial charge >= 0.3 is 12.0 Å². The third kappa shape index (κ3) is 4.89. The van der Waals surface area contributed by atoms with Gasteiger partial charge in [0, 0.05) is 6.54 Å². The van der Waals surface area contributed by atoms with Gasteiger partial charge in [-0.25, -0.2) is 9.59 Å². The standard InChI is InChI=1S/C15H27N3O4/c1-3-5-8-11(12(19)20)17-13(21)15(9-6-7-10-15)18-14(22)16-4-2/h11H,3-10H2,1-2H3,(H,17,21)(H,19,20)(H2,16,18,22)/t11-/m0/s1. The van der Waals surface area contributed by atoms with Crippen LogP contribution in [0.1, 0.15) is 58.8 Å². The van der Waals surface area contributed by atoms with E-state index in [0.717, 1.165) is 25.7 Å². The van der Waals surface area contributed by atoms with Gasteiger partial charge in [-0.3, -0.25) is 4.79 Å². The van der Waals surface area contributed by atoms with Crippen LogP contribution < -0.4 is 16.0 Å². The second kappa shape index (κ2) is 8.60. The zero-order valence-electron chi connectivity index (χ0n) is 13.4. The summed E-state index contributed by atoms with van der Waals surface area (Å²) < 4.78 is 0. The van der Waals surface area contributed by atoms with Crippen molar-refractivity contribution >= 4 is 17.9 Å². The van der Waals surface area contributed by atoms with Crippen molar-refractivity contribution in [1.82, 2.24) is 16.0 Å². The highest BCUT2D eigenvalue weighted by atomic mass is 16.4. The molecule has 1 saturated carbocycles. The Kier molecular flexibility index (Phi) is 7.14. The molecule has 0 aromatic rings. The zero-order valence-corrected chi connectivity index (χ0v) is 13.4. The summed E-state index contributed by atoms with van der Waals surface area (Å²) in [6, 6.07) is -1.29. The normalized spacial score (nSPS) is 17.5. The summed E-state index contributed by atoms with van der Waals surface area (Å²) in [5.74, 6) is -1.42. The molecule has 0 bridgehead atoms. The van der Waals surface area contributed by atoms with Crippen LogP contribution in [-0.4, -0.2) is 41.1 Å². The Balaban J connectivity index is 2.75. The largest absolute Gasteiger partial charge is 0.480 e. The van der Waals surface area contributed by atoms with Crippen molar-refractivity contribution in [3.05, 3.63) is 0 Å². The monoisotopic (exact) mass is 313 g/mol. The molecule has 126 valence electrons. The Morgan fingerprint density at radius 2 is 1.82 bits per heavy atom. The zero-order chi connectivity index (χ0) is 16.6. The molecule has 0 aromatic carbocycles. The maximum absolute atomic E-state index is 12.6. The van der Waals surface area contributed by atoms with Crippen LogP contribution in [0.15, 0.2) is 0 Å². The highest BCUT2D eigenvalue weighted by molar-refractivity contribution is 5.93. The molecule has 0 unspecified atom stereocenters. The van der Waals surface area contributed by atoms with Crippen LogP contribution >= 0.6 is 0 Å². The molecule has 0 saturated heterocycles.